The third-order valence-corrected chi connectivity index (χ3v) is 3.38. The van der Waals surface area contributed by atoms with Crippen molar-refractivity contribution >= 4 is 0 Å². The molecule has 1 aliphatic heterocycles. The third-order valence-electron chi connectivity index (χ3n) is 3.38. The van der Waals surface area contributed by atoms with Crippen molar-refractivity contribution in [2.75, 3.05) is 20.1 Å². The minimum Gasteiger partial charge on any atom is -0.313 e. The average molecular weight is 254 g/mol. The average Bonchev–Trinajstić information content (AvgIpc) is 2.82. The van der Waals surface area contributed by atoms with Gasteiger partial charge in [-0.25, -0.2) is 8.78 Å². The van der Waals surface area contributed by atoms with E-state index in [1.165, 1.54) is 25.0 Å². The second kappa shape index (κ2) is 6.25. The molecule has 0 amide bonds. The summed E-state index contributed by atoms with van der Waals surface area (Å²) in [6.07, 6.45) is 0.107. The maximum Gasteiger partial charge on any atom is 0.263 e. The summed E-state index contributed by atoms with van der Waals surface area (Å²) in [7, 11) is 2.07. The van der Waals surface area contributed by atoms with Crippen LogP contribution in [0.1, 0.15) is 30.4 Å². The molecule has 2 rings (SSSR count). The lowest BCUT2D eigenvalue weighted by Crippen LogP contribution is -2.34. The van der Waals surface area contributed by atoms with Gasteiger partial charge in [-0.1, -0.05) is 24.3 Å². The van der Waals surface area contributed by atoms with Gasteiger partial charge in [0.05, 0.1) is 0 Å². The molecule has 1 saturated heterocycles. The van der Waals surface area contributed by atoms with Crippen molar-refractivity contribution in [2.24, 2.45) is 0 Å². The molecule has 1 atom stereocenters. The summed E-state index contributed by atoms with van der Waals surface area (Å²) in [4.78, 5) is 2.24. The van der Waals surface area contributed by atoms with Gasteiger partial charge in [-0.3, -0.25) is 0 Å². The highest BCUT2D eigenvalue weighted by atomic mass is 19.3. The Kier molecular flexibility index (Phi) is 4.66. The number of rotatable bonds is 5. The maximum atomic E-state index is 12.4. The van der Waals surface area contributed by atoms with Gasteiger partial charge in [0.1, 0.15) is 0 Å². The molecular weight excluding hydrogens is 234 g/mol. The van der Waals surface area contributed by atoms with Crippen molar-refractivity contribution in [3.8, 4) is 0 Å². The predicted octanol–water partition coefficient (Wildman–Crippen LogP) is 2.81. The predicted molar refractivity (Wildman–Crippen MR) is 68.8 cm³/mol. The van der Waals surface area contributed by atoms with Gasteiger partial charge >= 0.3 is 0 Å². The van der Waals surface area contributed by atoms with Crippen molar-refractivity contribution in [2.45, 2.75) is 31.9 Å². The van der Waals surface area contributed by atoms with Crippen LogP contribution in [-0.2, 0) is 6.54 Å². The summed E-state index contributed by atoms with van der Waals surface area (Å²) in [6, 6.07) is 7.19. The van der Waals surface area contributed by atoms with Crippen LogP contribution in [0.15, 0.2) is 24.3 Å². The molecule has 1 aromatic carbocycles. The van der Waals surface area contributed by atoms with Gasteiger partial charge in [0.2, 0.25) is 0 Å². The van der Waals surface area contributed by atoms with E-state index in [0.29, 0.717) is 6.04 Å². The molecule has 1 heterocycles. The van der Waals surface area contributed by atoms with Crippen LogP contribution < -0.4 is 5.32 Å². The molecule has 0 radical (unpaired) electrons. The third kappa shape index (κ3) is 3.75. The first-order chi connectivity index (χ1) is 8.65. The topological polar surface area (TPSA) is 15.3 Å². The minimum absolute atomic E-state index is 0.0962. The number of alkyl halides is 2. The number of nitrogens with zero attached hydrogens (tertiary/aromatic N) is 1. The highest BCUT2D eigenvalue weighted by molar-refractivity contribution is 5.23. The van der Waals surface area contributed by atoms with E-state index in [0.717, 1.165) is 25.2 Å². The normalized spacial score (nSPS) is 19.9. The van der Waals surface area contributed by atoms with Crippen LogP contribution in [0.2, 0.25) is 0 Å². The van der Waals surface area contributed by atoms with E-state index in [4.69, 9.17) is 0 Å². The Morgan fingerprint density at radius 3 is 2.61 bits per heavy atom. The van der Waals surface area contributed by atoms with Crippen molar-refractivity contribution in [3.05, 3.63) is 35.4 Å². The van der Waals surface area contributed by atoms with Gasteiger partial charge in [0.25, 0.3) is 6.43 Å². The lowest BCUT2D eigenvalue weighted by atomic mass is 10.1. The first-order valence-electron chi connectivity index (χ1n) is 6.44. The molecule has 1 aromatic rings. The number of hydrogen-bond donors (Lipinski definition) is 1. The van der Waals surface area contributed by atoms with Gasteiger partial charge in [0.15, 0.2) is 0 Å². The number of nitrogens with one attached hydrogen (secondary N) is 1. The Morgan fingerprint density at radius 2 is 2.06 bits per heavy atom. The number of likely N-dealkylation sites (N-methyl/N-ethyl adjacent to an activating group) is 1. The second-order valence-electron chi connectivity index (χ2n) is 5.03. The van der Waals surface area contributed by atoms with Crippen molar-refractivity contribution in [3.63, 3.8) is 0 Å². The summed E-state index contributed by atoms with van der Waals surface area (Å²) in [6.45, 7) is 2.93. The van der Waals surface area contributed by atoms with Gasteiger partial charge in [-0.2, -0.15) is 0 Å². The zero-order valence-electron chi connectivity index (χ0n) is 10.7. The molecule has 100 valence electrons. The van der Waals surface area contributed by atoms with Crippen LogP contribution in [0.4, 0.5) is 8.78 Å². The molecule has 0 aliphatic carbocycles. The summed E-state index contributed by atoms with van der Waals surface area (Å²) in [5.74, 6) is 0. The van der Waals surface area contributed by atoms with E-state index < -0.39 is 6.43 Å². The maximum absolute atomic E-state index is 12.4. The molecule has 2 nitrogen and oxygen atoms in total. The van der Waals surface area contributed by atoms with Crippen LogP contribution >= 0.6 is 0 Å². The zero-order valence-corrected chi connectivity index (χ0v) is 10.7. The van der Waals surface area contributed by atoms with Gasteiger partial charge < -0.3 is 10.2 Å². The second-order valence-corrected chi connectivity index (χ2v) is 5.03. The fourth-order valence-corrected chi connectivity index (χ4v) is 2.43. The smallest absolute Gasteiger partial charge is 0.263 e. The molecule has 0 bridgehead atoms. The molecule has 1 fully saturated rings. The fourth-order valence-electron chi connectivity index (χ4n) is 2.43. The Morgan fingerprint density at radius 1 is 1.33 bits per heavy atom. The van der Waals surface area contributed by atoms with Gasteiger partial charge in [-0.05, 0) is 32.0 Å². The van der Waals surface area contributed by atoms with E-state index in [1.54, 1.807) is 12.1 Å². The molecule has 1 N–H and O–H groups in total. The van der Waals surface area contributed by atoms with Crippen molar-refractivity contribution < 1.29 is 8.78 Å². The number of benzene rings is 1. The standard InChI is InChI=1S/C14H20F2N2/c1-18(10-13-3-2-8-17-13)9-11-4-6-12(7-5-11)14(15)16/h4-7,13-14,17H,2-3,8-10H2,1H3. The van der Waals surface area contributed by atoms with Gasteiger partial charge in [-0.15, -0.1) is 0 Å². The Balaban J connectivity index is 1.84. The van der Waals surface area contributed by atoms with E-state index in [2.05, 4.69) is 17.3 Å². The van der Waals surface area contributed by atoms with Crippen LogP contribution in [-0.4, -0.2) is 31.1 Å². The SMILES string of the molecule is CN(Cc1ccc(C(F)F)cc1)CC1CCCN1. The van der Waals surface area contributed by atoms with Crippen molar-refractivity contribution in [1.29, 1.82) is 0 Å². The molecule has 1 unspecified atom stereocenters. The minimum atomic E-state index is -2.38. The van der Waals surface area contributed by atoms with Crippen LogP contribution in [0.3, 0.4) is 0 Å². The van der Waals surface area contributed by atoms with E-state index in [1.807, 2.05) is 0 Å². The molecule has 0 saturated carbocycles. The van der Waals surface area contributed by atoms with E-state index in [9.17, 15) is 8.78 Å². The Hall–Kier alpha value is -1.00. The highest BCUT2D eigenvalue weighted by Gasteiger charge is 2.15. The zero-order chi connectivity index (χ0) is 13.0. The number of halogens is 2. The van der Waals surface area contributed by atoms with E-state index in [-0.39, 0.29) is 5.56 Å². The molecule has 0 spiro atoms. The van der Waals surface area contributed by atoms with Crippen LogP contribution in [0, 0.1) is 0 Å². The van der Waals surface area contributed by atoms with Crippen molar-refractivity contribution in [1.82, 2.24) is 10.2 Å². The molecular formula is C14H20F2N2. The molecule has 1 aliphatic rings. The summed E-state index contributed by atoms with van der Waals surface area (Å²) in [5, 5.41) is 3.46. The molecule has 0 aromatic heterocycles. The Labute approximate surface area is 107 Å². The number of hydrogen-bond acceptors (Lipinski definition) is 2. The molecule has 18 heavy (non-hydrogen) atoms. The lowest BCUT2D eigenvalue weighted by Gasteiger charge is -2.21. The quantitative estimate of drug-likeness (QED) is 0.869. The largest absolute Gasteiger partial charge is 0.313 e. The Bertz CT molecular complexity index is 359. The summed E-state index contributed by atoms with van der Waals surface area (Å²) >= 11 is 0. The van der Waals surface area contributed by atoms with Crippen LogP contribution in [0.25, 0.3) is 0 Å². The highest BCUT2D eigenvalue weighted by Crippen LogP contribution is 2.19. The van der Waals surface area contributed by atoms with E-state index >= 15 is 0 Å². The first kappa shape index (κ1) is 13.4. The first-order valence-corrected chi connectivity index (χ1v) is 6.44. The monoisotopic (exact) mass is 254 g/mol. The van der Waals surface area contributed by atoms with Crippen LogP contribution in [0.5, 0.6) is 0 Å². The summed E-state index contributed by atoms with van der Waals surface area (Å²) in [5.41, 5.74) is 1.18. The van der Waals surface area contributed by atoms with Gasteiger partial charge in [0, 0.05) is 24.7 Å². The molecule has 4 heteroatoms. The fraction of sp³-hybridized carbons (Fsp3) is 0.571. The lowest BCUT2D eigenvalue weighted by molar-refractivity contribution is 0.151. The summed E-state index contributed by atoms with van der Waals surface area (Å²) < 4.78 is 24.8.